The van der Waals surface area contributed by atoms with Gasteiger partial charge in [0.1, 0.15) is 0 Å². The van der Waals surface area contributed by atoms with Crippen LogP contribution in [0.2, 0.25) is 0 Å². The van der Waals surface area contributed by atoms with Gasteiger partial charge in [0.05, 0.1) is 12.2 Å². The molecular weight excluding hydrogens is 364 g/mol. The molecule has 3 aromatic rings. The molecule has 4 rings (SSSR count). The molecule has 0 aliphatic carbocycles. The van der Waals surface area contributed by atoms with Crippen molar-refractivity contribution in [3.05, 3.63) is 77.9 Å². The Morgan fingerprint density at radius 2 is 2.03 bits per heavy atom. The summed E-state index contributed by atoms with van der Waals surface area (Å²) < 4.78 is 1.97. The topological polar surface area (TPSA) is 67.2 Å². The number of imidazole rings is 1. The van der Waals surface area contributed by atoms with Crippen molar-refractivity contribution in [2.75, 3.05) is 16.8 Å². The van der Waals surface area contributed by atoms with Crippen molar-refractivity contribution in [2.45, 2.75) is 26.8 Å². The first-order chi connectivity index (χ1) is 14.0. The number of benzene rings is 2. The normalized spacial score (nSPS) is 16.3. The van der Waals surface area contributed by atoms with E-state index in [4.69, 9.17) is 0 Å². The number of amides is 2. The molecule has 6 nitrogen and oxygen atoms in total. The molecule has 1 aliphatic heterocycles. The molecule has 1 fully saturated rings. The Kier molecular flexibility index (Phi) is 5.16. The molecule has 1 aromatic heterocycles. The van der Waals surface area contributed by atoms with E-state index in [0.717, 1.165) is 28.1 Å². The molecule has 6 heteroatoms. The Bertz CT molecular complexity index is 1040. The van der Waals surface area contributed by atoms with Crippen LogP contribution < -0.4 is 10.2 Å². The van der Waals surface area contributed by atoms with Crippen LogP contribution in [0.4, 0.5) is 11.4 Å². The second-order valence-corrected chi connectivity index (χ2v) is 7.55. The van der Waals surface area contributed by atoms with Crippen molar-refractivity contribution in [3.8, 4) is 0 Å². The number of aromatic nitrogens is 2. The van der Waals surface area contributed by atoms with Crippen molar-refractivity contribution < 1.29 is 9.59 Å². The standard InChI is InChI=1S/C23H24N4O2/c1-16-5-3-8-21(17(16)2)27-14-19(12-22(27)28)23(29)25-20-7-4-6-18(11-20)13-26-10-9-24-15-26/h3-11,15,19H,12-14H2,1-2H3,(H,25,29). The first kappa shape index (κ1) is 18.9. The molecule has 29 heavy (non-hydrogen) atoms. The van der Waals surface area contributed by atoms with Crippen LogP contribution in [0.3, 0.4) is 0 Å². The number of hydrogen-bond acceptors (Lipinski definition) is 3. The van der Waals surface area contributed by atoms with E-state index in [1.807, 2.05) is 67.1 Å². The Hall–Kier alpha value is -3.41. The predicted molar refractivity (Wildman–Crippen MR) is 113 cm³/mol. The van der Waals surface area contributed by atoms with Gasteiger partial charge >= 0.3 is 0 Å². The van der Waals surface area contributed by atoms with E-state index in [1.165, 1.54) is 0 Å². The summed E-state index contributed by atoms with van der Waals surface area (Å²) in [6, 6.07) is 13.7. The zero-order chi connectivity index (χ0) is 20.4. The third-order valence-electron chi connectivity index (χ3n) is 5.48. The number of anilines is 2. The summed E-state index contributed by atoms with van der Waals surface area (Å²) in [7, 11) is 0. The summed E-state index contributed by atoms with van der Waals surface area (Å²) in [6.45, 7) is 5.13. The Labute approximate surface area is 170 Å². The predicted octanol–water partition coefficient (Wildman–Crippen LogP) is 3.54. The van der Waals surface area contributed by atoms with Crippen molar-refractivity contribution >= 4 is 23.2 Å². The van der Waals surface area contributed by atoms with Gasteiger partial charge in [-0.1, -0.05) is 24.3 Å². The highest BCUT2D eigenvalue weighted by Gasteiger charge is 2.35. The van der Waals surface area contributed by atoms with Crippen LogP contribution in [0.5, 0.6) is 0 Å². The van der Waals surface area contributed by atoms with Crippen LogP contribution in [0.1, 0.15) is 23.1 Å². The zero-order valence-electron chi connectivity index (χ0n) is 16.6. The molecule has 1 atom stereocenters. The molecule has 1 aliphatic rings. The van der Waals surface area contributed by atoms with Crippen LogP contribution in [0, 0.1) is 19.8 Å². The van der Waals surface area contributed by atoms with E-state index in [1.54, 1.807) is 17.4 Å². The minimum absolute atomic E-state index is 0.00675. The van der Waals surface area contributed by atoms with Gasteiger partial charge in [0.2, 0.25) is 11.8 Å². The third kappa shape index (κ3) is 4.06. The molecule has 148 valence electrons. The van der Waals surface area contributed by atoms with Crippen molar-refractivity contribution in [3.63, 3.8) is 0 Å². The lowest BCUT2D eigenvalue weighted by atomic mass is 10.1. The zero-order valence-corrected chi connectivity index (χ0v) is 16.6. The van der Waals surface area contributed by atoms with E-state index in [9.17, 15) is 9.59 Å². The van der Waals surface area contributed by atoms with Gasteiger partial charge in [-0.05, 0) is 48.7 Å². The average molecular weight is 388 g/mol. The van der Waals surface area contributed by atoms with Crippen LogP contribution in [-0.2, 0) is 16.1 Å². The first-order valence-corrected chi connectivity index (χ1v) is 9.73. The summed E-state index contributed by atoms with van der Waals surface area (Å²) in [5.74, 6) is -0.488. The molecule has 1 N–H and O–H groups in total. The maximum absolute atomic E-state index is 12.8. The van der Waals surface area contributed by atoms with Gasteiger partial charge in [-0.25, -0.2) is 4.98 Å². The molecule has 0 bridgehead atoms. The maximum Gasteiger partial charge on any atom is 0.229 e. The second-order valence-electron chi connectivity index (χ2n) is 7.55. The number of nitrogens with zero attached hydrogens (tertiary/aromatic N) is 3. The van der Waals surface area contributed by atoms with Gasteiger partial charge in [-0.3, -0.25) is 9.59 Å². The van der Waals surface area contributed by atoms with E-state index in [0.29, 0.717) is 13.1 Å². The fraction of sp³-hybridized carbons (Fsp3) is 0.261. The monoisotopic (exact) mass is 388 g/mol. The molecule has 0 radical (unpaired) electrons. The summed E-state index contributed by atoms with van der Waals surface area (Å²) in [4.78, 5) is 31.2. The van der Waals surface area contributed by atoms with E-state index >= 15 is 0 Å². The molecule has 2 heterocycles. The molecule has 0 saturated carbocycles. The van der Waals surface area contributed by atoms with Crippen LogP contribution in [-0.4, -0.2) is 27.9 Å². The summed E-state index contributed by atoms with van der Waals surface area (Å²) >= 11 is 0. The van der Waals surface area contributed by atoms with Crippen molar-refractivity contribution in [1.29, 1.82) is 0 Å². The molecule has 0 spiro atoms. The summed E-state index contributed by atoms with van der Waals surface area (Å²) in [5.41, 5.74) is 4.92. The van der Waals surface area contributed by atoms with Gasteiger partial charge in [0.25, 0.3) is 0 Å². The Balaban J connectivity index is 1.44. The molecular formula is C23H24N4O2. The maximum atomic E-state index is 12.8. The quantitative estimate of drug-likeness (QED) is 0.727. The SMILES string of the molecule is Cc1cccc(N2CC(C(=O)Nc3cccc(Cn4ccnc4)c3)CC2=O)c1C. The number of hydrogen-bond donors (Lipinski definition) is 1. The van der Waals surface area contributed by atoms with Gasteiger partial charge < -0.3 is 14.8 Å². The van der Waals surface area contributed by atoms with Gasteiger partial charge in [-0.2, -0.15) is 0 Å². The van der Waals surface area contributed by atoms with Crippen LogP contribution in [0.25, 0.3) is 0 Å². The van der Waals surface area contributed by atoms with Crippen molar-refractivity contribution in [1.82, 2.24) is 9.55 Å². The highest BCUT2D eigenvalue weighted by Crippen LogP contribution is 2.30. The largest absolute Gasteiger partial charge is 0.333 e. The van der Waals surface area contributed by atoms with Gasteiger partial charge in [0.15, 0.2) is 0 Å². The molecule has 2 amide bonds. The molecule has 1 unspecified atom stereocenters. The van der Waals surface area contributed by atoms with Crippen LogP contribution in [0.15, 0.2) is 61.2 Å². The number of carbonyl (C=O) groups excluding carboxylic acids is 2. The smallest absolute Gasteiger partial charge is 0.229 e. The lowest BCUT2D eigenvalue weighted by Crippen LogP contribution is -2.28. The van der Waals surface area contributed by atoms with Crippen molar-refractivity contribution in [2.24, 2.45) is 5.92 Å². The summed E-state index contributed by atoms with van der Waals surface area (Å²) in [5, 5.41) is 2.98. The van der Waals surface area contributed by atoms with Gasteiger partial charge in [0, 0.05) is 43.3 Å². The first-order valence-electron chi connectivity index (χ1n) is 9.73. The third-order valence-corrected chi connectivity index (χ3v) is 5.48. The average Bonchev–Trinajstić information content (AvgIpc) is 3.34. The molecule has 2 aromatic carbocycles. The lowest BCUT2D eigenvalue weighted by molar-refractivity contribution is -0.122. The fourth-order valence-corrected chi connectivity index (χ4v) is 3.73. The Morgan fingerprint density at radius 3 is 2.83 bits per heavy atom. The number of aryl methyl sites for hydroxylation is 1. The number of rotatable bonds is 5. The minimum Gasteiger partial charge on any atom is -0.333 e. The van der Waals surface area contributed by atoms with E-state index in [2.05, 4.69) is 10.3 Å². The summed E-state index contributed by atoms with van der Waals surface area (Å²) in [6.07, 6.45) is 5.63. The highest BCUT2D eigenvalue weighted by atomic mass is 16.2. The fourth-order valence-electron chi connectivity index (χ4n) is 3.73. The lowest BCUT2D eigenvalue weighted by Gasteiger charge is -2.20. The van der Waals surface area contributed by atoms with Crippen LogP contribution >= 0.6 is 0 Å². The Morgan fingerprint density at radius 1 is 1.21 bits per heavy atom. The molecule has 1 saturated heterocycles. The number of carbonyl (C=O) groups is 2. The number of nitrogens with one attached hydrogen (secondary N) is 1. The highest BCUT2D eigenvalue weighted by molar-refractivity contribution is 6.03. The van der Waals surface area contributed by atoms with Gasteiger partial charge in [-0.15, -0.1) is 0 Å². The second kappa shape index (κ2) is 7.91. The van der Waals surface area contributed by atoms with E-state index in [-0.39, 0.29) is 24.2 Å². The van der Waals surface area contributed by atoms with E-state index < -0.39 is 0 Å². The minimum atomic E-state index is -0.361.